The van der Waals surface area contributed by atoms with E-state index in [0.29, 0.717) is 50.6 Å². The van der Waals surface area contributed by atoms with E-state index >= 15 is 0 Å². The van der Waals surface area contributed by atoms with Crippen molar-refractivity contribution in [1.82, 2.24) is 15.1 Å². The molecule has 3 rings (SSSR count). The van der Waals surface area contributed by atoms with E-state index in [9.17, 15) is 19.2 Å². The van der Waals surface area contributed by atoms with Crippen molar-refractivity contribution in [2.75, 3.05) is 50.8 Å². The van der Waals surface area contributed by atoms with Gasteiger partial charge in [-0.25, -0.2) is 9.59 Å². The lowest BCUT2D eigenvalue weighted by Crippen LogP contribution is -2.50. The third kappa shape index (κ3) is 9.39. The standard InChI is InChI=1S/C31H42N4O7/c1-7-33(8-2)26(36)21-40-29(38)28(41-25-11-9-10-22(3)20-25)32-27(37)23-12-14-24(15-13-23)34-16-18-35(19-17-34)30(39)42-31(4,5)6/h9-15,20,28H,7-8,16-19,21H2,1-6H3,(H,32,37). The van der Waals surface area contributed by atoms with Crippen molar-refractivity contribution >= 4 is 29.6 Å². The highest BCUT2D eigenvalue weighted by atomic mass is 16.6. The molecule has 0 radical (unpaired) electrons. The molecule has 1 N–H and O–H groups in total. The maximum absolute atomic E-state index is 13.1. The summed E-state index contributed by atoms with van der Waals surface area (Å²) in [4.78, 5) is 56.1. The molecule has 1 aliphatic heterocycles. The van der Waals surface area contributed by atoms with Crippen molar-refractivity contribution < 1.29 is 33.4 Å². The Bertz CT molecular complexity index is 1230. The molecule has 1 fully saturated rings. The minimum Gasteiger partial charge on any atom is -0.459 e. The first-order valence-corrected chi connectivity index (χ1v) is 14.2. The lowest BCUT2D eigenvalue weighted by Gasteiger charge is -2.36. The van der Waals surface area contributed by atoms with Crippen LogP contribution >= 0.6 is 0 Å². The molecular formula is C31H42N4O7. The van der Waals surface area contributed by atoms with Crippen LogP contribution in [0.2, 0.25) is 0 Å². The van der Waals surface area contributed by atoms with Crippen molar-refractivity contribution in [2.45, 2.75) is 53.4 Å². The zero-order valence-electron chi connectivity index (χ0n) is 25.3. The Kier molecular flexibility index (Phi) is 11.2. The number of esters is 1. The molecule has 3 amide bonds. The molecule has 42 heavy (non-hydrogen) atoms. The van der Waals surface area contributed by atoms with Crippen molar-refractivity contribution in [2.24, 2.45) is 0 Å². The Morgan fingerprint density at radius 1 is 0.952 bits per heavy atom. The van der Waals surface area contributed by atoms with Gasteiger partial charge < -0.3 is 34.2 Å². The van der Waals surface area contributed by atoms with Crippen molar-refractivity contribution in [1.29, 1.82) is 0 Å². The number of amides is 3. The second-order valence-electron chi connectivity index (χ2n) is 11.0. The molecule has 1 saturated heterocycles. The molecule has 11 heteroatoms. The third-order valence-corrected chi connectivity index (χ3v) is 6.60. The Balaban J connectivity index is 1.64. The minimum absolute atomic E-state index is 0.316. The fraction of sp³-hybridized carbons (Fsp3) is 0.484. The van der Waals surface area contributed by atoms with Crippen LogP contribution in [-0.2, 0) is 19.1 Å². The number of anilines is 1. The molecule has 0 aliphatic carbocycles. The number of benzene rings is 2. The van der Waals surface area contributed by atoms with E-state index in [-0.39, 0.29) is 12.0 Å². The minimum atomic E-state index is -1.47. The third-order valence-electron chi connectivity index (χ3n) is 6.60. The first kappa shape index (κ1) is 32.2. The molecule has 2 aromatic carbocycles. The summed E-state index contributed by atoms with van der Waals surface area (Å²) in [6.07, 6.45) is -1.79. The number of likely N-dealkylation sites (N-methyl/N-ethyl adjacent to an activating group) is 1. The van der Waals surface area contributed by atoms with Crippen molar-refractivity contribution in [3.05, 3.63) is 59.7 Å². The quantitative estimate of drug-likeness (QED) is 0.334. The molecule has 0 saturated carbocycles. The second kappa shape index (κ2) is 14.6. The van der Waals surface area contributed by atoms with E-state index < -0.39 is 30.3 Å². The maximum atomic E-state index is 13.1. The molecule has 228 valence electrons. The number of nitrogens with zero attached hydrogens (tertiary/aromatic N) is 3. The lowest BCUT2D eigenvalue weighted by molar-refractivity contribution is -0.158. The van der Waals surface area contributed by atoms with Crippen molar-refractivity contribution in [3.63, 3.8) is 0 Å². The van der Waals surface area contributed by atoms with E-state index in [1.807, 2.05) is 59.7 Å². The molecule has 0 aromatic heterocycles. The number of rotatable bonds is 10. The summed E-state index contributed by atoms with van der Waals surface area (Å²) in [5.74, 6) is -1.39. The molecule has 1 aliphatic rings. The first-order valence-electron chi connectivity index (χ1n) is 14.2. The number of hydrogen-bond acceptors (Lipinski definition) is 8. The predicted octanol–water partition coefficient (Wildman–Crippen LogP) is 3.60. The Morgan fingerprint density at radius 3 is 2.17 bits per heavy atom. The van der Waals surface area contributed by atoms with Gasteiger partial charge in [-0.15, -0.1) is 0 Å². The van der Waals surface area contributed by atoms with Crippen LogP contribution in [0.25, 0.3) is 0 Å². The van der Waals surface area contributed by atoms with Gasteiger partial charge in [-0.3, -0.25) is 9.59 Å². The number of aryl methyl sites for hydroxylation is 1. The molecule has 1 unspecified atom stereocenters. The summed E-state index contributed by atoms with van der Waals surface area (Å²) in [7, 11) is 0. The Hall–Kier alpha value is -4.28. The van der Waals surface area contributed by atoms with Crippen LogP contribution in [0.5, 0.6) is 5.75 Å². The molecule has 2 aromatic rings. The summed E-state index contributed by atoms with van der Waals surface area (Å²) >= 11 is 0. The predicted molar refractivity (Wildman–Crippen MR) is 158 cm³/mol. The molecule has 0 spiro atoms. The summed E-state index contributed by atoms with van der Waals surface area (Å²) in [5.41, 5.74) is 1.58. The van der Waals surface area contributed by atoms with Crippen LogP contribution in [0, 0.1) is 6.92 Å². The lowest BCUT2D eigenvalue weighted by atomic mass is 10.1. The fourth-order valence-electron chi connectivity index (χ4n) is 4.34. The van der Waals surface area contributed by atoms with E-state index in [4.69, 9.17) is 14.2 Å². The van der Waals surface area contributed by atoms with Gasteiger partial charge in [-0.05, 0) is 83.5 Å². The second-order valence-corrected chi connectivity index (χ2v) is 11.0. The topological polar surface area (TPSA) is 118 Å². The Morgan fingerprint density at radius 2 is 1.60 bits per heavy atom. The molecular weight excluding hydrogens is 540 g/mol. The van der Waals surface area contributed by atoms with Gasteiger partial charge in [0.05, 0.1) is 0 Å². The van der Waals surface area contributed by atoms with Gasteiger partial charge in [0.1, 0.15) is 11.4 Å². The maximum Gasteiger partial charge on any atom is 0.410 e. The van der Waals surface area contributed by atoms with E-state index in [1.165, 1.54) is 0 Å². The van der Waals surface area contributed by atoms with Crippen LogP contribution in [-0.4, -0.2) is 91.4 Å². The zero-order valence-corrected chi connectivity index (χ0v) is 25.3. The van der Waals surface area contributed by atoms with Gasteiger partial charge in [-0.2, -0.15) is 0 Å². The van der Waals surface area contributed by atoms with Gasteiger partial charge in [0.2, 0.25) is 0 Å². The highest BCUT2D eigenvalue weighted by molar-refractivity contribution is 5.97. The van der Waals surface area contributed by atoms with Crippen LogP contribution in [0.3, 0.4) is 0 Å². The molecule has 0 bridgehead atoms. The number of carbonyl (C=O) groups is 4. The normalized spacial score (nSPS) is 14.0. The molecule has 1 atom stereocenters. The van der Waals surface area contributed by atoms with Crippen LogP contribution < -0.4 is 15.0 Å². The SMILES string of the molecule is CCN(CC)C(=O)COC(=O)C(NC(=O)c1ccc(N2CCN(C(=O)OC(C)(C)C)CC2)cc1)Oc1cccc(C)c1. The summed E-state index contributed by atoms with van der Waals surface area (Å²) < 4.78 is 16.5. The number of ether oxygens (including phenoxy) is 3. The number of hydrogen-bond donors (Lipinski definition) is 1. The number of piperazine rings is 1. The largest absolute Gasteiger partial charge is 0.459 e. The monoisotopic (exact) mass is 582 g/mol. The molecule has 1 heterocycles. The van der Waals surface area contributed by atoms with E-state index in [2.05, 4.69) is 10.2 Å². The van der Waals surface area contributed by atoms with Gasteiger partial charge in [-0.1, -0.05) is 12.1 Å². The fourth-order valence-corrected chi connectivity index (χ4v) is 4.34. The van der Waals surface area contributed by atoms with Crippen LogP contribution in [0.4, 0.5) is 10.5 Å². The van der Waals surface area contributed by atoms with E-state index in [0.717, 1.165) is 11.3 Å². The zero-order chi connectivity index (χ0) is 30.9. The van der Waals surface area contributed by atoms with Crippen LogP contribution in [0.15, 0.2) is 48.5 Å². The number of carbonyl (C=O) groups excluding carboxylic acids is 4. The smallest absolute Gasteiger partial charge is 0.410 e. The number of nitrogens with one attached hydrogen (secondary N) is 1. The summed E-state index contributed by atoms with van der Waals surface area (Å²) in [5, 5.41) is 2.59. The Labute approximate surface area is 247 Å². The highest BCUT2D eigenvalue weighted by Crippen LogP contribution is 2.20. The van der Waals surface area contributed by atoms with Crippen LogP contribution in [0.1, 0.15) is 50.5 Å². The van der Waals surface area contributed by atoms with Gasteiger partial charge in [0.25, 0.3) is 18.0 Å². The molecule has 11 nitrogen and oxygen atoms in total. The first-order chi connectivity index (χ1) is 19.9. The average Bonchev–Trinajstić information content (AvgIpc) is 2.95. The van der Waals surface area contributed by atoms with Gasteiger partial charge >= 0.3 is 12.1 Å². The van der Waals surface area contributed by atoms with Gasteiger partial charge in [0, 0.05) is 50.5 Å². The highest BCUT2D eigenvalue weighted by Gasteiger charge is 2.28. The van der Waals surface area contributed by atoms with Crippen molar-refractivity contribution in [3.8, 4) is 5.75 Å². The average molecular weight is 583 g/mol. The summed E-state index contributed by atoms with van der Waals surface area (Å²) in [6, 6.07) is 14.0. The van der Waals surface area contributed by atoms with E-state index in [1.54, 1.807) is 40.1 Å². The summed E-state index contributed by atoms with van der Waals surface area (Å²) in [6.45, 7) is 13.9. The van der Waals surface area contributed by atoms with Gasteiger partial charge in [0.15, 0.2) is 6.61 Å².